The number of ether oxygens (including phenoxy) is 1. The predicted molar refractivity (Wildman–Crippen MR) is 61.8 cm³/mol. The summed E-state index contributed by atoms with van der Waals surface area (Å²) in [5.41, 5.74) is 0.0301. The van der Waals surface area contributed by atoms with Crippen molar-refractivity contribution >= 4 is 17.4 Å². The molecule has 0 amide bonds. The van der Waals surface area contributed by atoms with E-state index in [1.165, 1.54) is 12.1 Å². The first kappa shape index (κ1) is 13.0. The average Bonchev–Trinajstić information content (AvgIpc) is 2.23. The van der Waals surface area contributed by atoms with Crippen LogP contribution >= 0.6 is 11.6 Å². The second-order valence-corrected chi connectivity index (χ2v) is 4.09. The molecule has 0 unspecified atom stereocenters. The lowest BCUT2D eigenvalue weighted by atomic mass is 10.1. The lowest BCUT2D eigenvalue weighted by Crippen LogP contribution is -2.10. The van der Waals surface area contributed by atoms with Crippen LogP contribution in [-0.4, -0.2) is 11.9 Å². The van der Waals surface area contributed by atoms with E-state index >= 15 is 0 Å². The van der Waals surface area contributed by atoms with Crippen LogP contribution in [0.15, 0.2) is 12.1 Å². The second-order valence-electron chi connectivity index (χ2n) is 3.68. The largest absolute Gasteiger partial charge is 0.486 e. The number of hydrogen-bond acceptors (Lipinski definition) is 2. The zero-order chi connectivity index (χ0) is 12.3. The highest BCUT2D eigenvalue weighted by molar-refractivity contribution is 6.32. The molecule has 0 aromatic heterocycles. The molecular formula is C12H14ClFO2. The van der Waals surface area contributed by atoms with E-state index in [1.807, 2.05) is 0 Å². The Morgan fingerprint density at radius 3 is 2.62 bits per heavy atom. The molecule has 1 aromatic carbocycles. The van der Waals surface area contributed by atoms with Crippen LogP contribution in [0.4, 0.5) is 4.39 Å². The van der Waals surface area contributed by atoms with Crippen LogP contribution < -0.4 is 4.74 Å². The molecule has 1 aromatic rings. The third-order valence-electron chi connectivity index (χ3n) is 2.02. The minimum Gasteiger partial charge on any atom is -0.486 e. The first-order valence-corrected chi connectivity index (χ1v) is 5.53. The lowest BCUT2D eigenvalue weighted by molar-refractivity contribution is 0.0982. The Kier molecular flexibility index (Phi) is 4.30. The van der Waals surface area contributed by atoms with Crippen LogP contribution in [0.3, 0.4) is 0 Å². The summed E-state index contributed by atoms with van der Waals surface area (Å²) in [5, 5.41) is 0.179. The fourth-order valence-electron chi connectivity index (χ4n) is 1.28. The molecule has 16 heavy (non-hydrogen) atoms. The van der Waals surface area contributed by atoms with E-state index < -0.39 is 5.82 Å². The predicted octanol–water partition coefficient (Wildman–Crippen LogP) is 3.86. The van der Waals surface area contributed by atoms with E-state index in [1.54, 1.807) is 20.8 Å². The Morgan fingerprint density at radius 2 is 2.12 bits per heavy atom. The lowest BCUT2D eigenvalue weighted by Gasteiger charge is -2.13. The van der Waals surface area contributed by atoms with Crippen LogP contribution in [0.25, 0.3) is 0 Å². The van der Waals surface area contributed by atoms with Gasteiger partial charge in [0.25, 0.3) is 0 Å². The highest BCUT2D eigenvalue weighted by Gasteiger charge is 2.18. The maximum Gasteiger partial charge on any atom is 0.177 e. The maximum absolute atomic E-state index is 13.9. The minimum atomic E-state index is -0.673. The van der Waals surface area contributed by atoms with Gasteiger partial charge < -0.3 is 4.74 Å². The summed E-state index contributed by atoms with van der Waals surface area (Å²) in [5.74, 6) is -0.980. The number of rotatable bonds is 4. The van der Waals surface area contributed by atoms with Gasteiger partial charge in [-0.2, -0.15) is 0 Å². The molecule has 0 fully saturated rings. The fourth-order valence-corrected chi connectivity index (χ4v) is 1.47. The molecule has 0 saturated heterocycles. The summed E-state index contributed by atoms with van der Waals surface area (Å²) in [6.07, 6.45) is 0.0543. The Balaban J connectivity index is 3.21. The second kappa shape index (κ2) is 5.30. The van der Waals surface area contributed by atoms with Crippen LogP contribution in [0.2, 0.25) is 5.02 Å². The van der Waals surface area contributed by atoms with Gasteiger partial charge in [-0.1, -0.05) is 18.5 Å². The quantitative estimate of drug-likeness (QED) is 0.752. The van der Waals surface area contributed by atoms with Crippen LogP contribution in [0.1, 0.15) is 37.6 Å². The number of carbonyl (C=O) groups is 1. The standard InChI is InChI=1S/C12H14ClFO2/c1-4-10(15)8-5-6-9(13)12(11(8)14)16-7(2)3/h5-7H,4H2,1-3H3. The van der Waals surface area contributed by atoms with E-state index in [0.717, 1.165) is 0 Å². The van der Waals surface area contributed by atoms with Gasteiger partial charge in [-0.3, -0.25) is 4.79 Å². The number of carbonyl (C=O) groups excluding carboxylic acids is 1. The van der Waals surface area contributed by atoms with Crippen molar-refractivity contribution in [2.24, 2.45) is 0 Å². The van der Waals surface area contributed by atoms with E-state index in [9.17, 15) is 9.18 Å². The summed E-state index contributed by atoms with van der Waals surface area (Å²) in [7, 11) is 0. The fraction of sp³-hybridized carbons (Fsp3) is 0.417. The van der Waals surface area contributed by atoms with Gasteiger partial charge in [-0.25, -0.2) is 4.39 Å². The van der Waals surface area contributed by atoms with Gasteiger partial charge in [0.2, 0.25) is 0 Å². The summed E-state index contributed by atoms with van der Waals surface area (Å²) >= 11 is 5.82. The van der Waals surface area contributed by atoms with Gasteiger partial charge in [-0.05, 0) is 26.0 Å². The van der Waals surface area contributed by atoms with Gasteiger partial charge in [0.15, 0.2) is 17.3 Å². The molecule has 0 aliphatic heterocycles. The van der Waals surface area contributed by atoms with Gasteiger partial charge in [0, 0.05) is 6.42 Å². The molecule has 0 saturated carbocycles. The minimum absolute atomic E-state index is 0.0301. The molecule has 0 bridgehead atoms. The monoisotopic (exact) mass is 244 g/mol. The molecule has 2 nitrogen and oxygen atoms in total. The normalized spacial score (nSPS) is 10.6. The van der Waals surface area contributed by atoms with Gasteiger partial charge in [0.05, 0.1) is 16.7 Å². The highest BCUT2D eigenvalue weighted by Crippen LogP contribution is 2.31. The molecule has 1 rings (SSSR count). The molecule has 0 aliphatic carbocycles. The number of halogens is 2. The zero-order valence-corrected chi connectivity index (χ0v) is 10.3. The van der Waals surface area contributed by atoms with E-state index in [4.69, 9.17) is 16.3 Å². The summed E-state index contributed by atoms with van der Waals surface area (Å²) in [4.78, 5) is 11.4. The van der Waals surface area contributed by atoms with Crippen molar-refractivity contribution in [2.45, 2.75) is 33.3 Å². The molecular weight excluding hydrogens is 231 g/mol. The van der Waals surface area contributed by atoms with Crippen molar-refractivity contribution in [3.8, 4) is 5.75 Å². The van der Waals surface area contributed by atoms with Crippen molar-refractivity contribution in [3.63, 3.8) is 0 Å². The van der Waals surface area contributed by atoms with E-state index in [2.05, 4.69) is 0 Å². The Hall–Kier alpha value is -1.09. The van der Waals surface area contributed by atoms with Crippen molar-refractivity contribution < 1.29 is 13.9 Å². The van der Waals surface area contributed by atoms with Crippen molar-refractivity contribution in [2.75, 3.05) is 0 Å². The first-order valence-electron chi connectivity index (χ1n) is 5.15. The molecule has 0 N–H and O–H groups in total. The SMILES string of the molecule is CCC(=O)c1ccc(Cl)c(OC(C)C)c1F. The first-order chi connectivity index (χ1) is 7.47. The maximum atomic E-state index is 13.9. The smallest absolute Gasteiger partial charge is 0.177 e. The third-order valence-corrected chi connectivity index (χ3v) is 2.32. The summed E-state index contributed by atoms with van der Waals surface area (Å²) < 4.78 is 19.2. The third kappa shape index (κ3) is 2.73. The Bertz CT molecular complexity index is 402. The summed E-state index contributed by atoms with van der Waals surface area (Å²) in [6.45, 7) is 5.22. The molecule has 4 heteroatoms. The number of benzene rings is 1. The molecule has 0 atom stereocenters. The molecule has 0 radical (unpaired) electrons. The highest BCUT2D eigenvalue weighted by atomic mass is 35.5. The Morgan fingerprint density at radius 1 is 1.50 bits per heavy atom. The van der Waals surface area contributed by atoms with Crippen molar-refractivity contribution in [3.05, 3.63) is 28.5 Å². The summed E-state index contributed by atoms with van der Waals surface area (Å²) in [6, 6.07) is 2.86. The van der Waals surface area contributed by atoms with Gasteiger partial charge in [-0.15, -0.1) is 0 Å². The van der Waals surface area contributed by atoms with Crippen LogP contribution in [-0.2, 0) is 0 Å². The number of ketones is 1. The van der Waals surface area contributed by atoms with Crippen LogP contribution in [0, 0.1) is 5.82 Å². The molecule has 88 valence electrons. The number of Topliss-reactive ketones (excluding diaryl/α,β-unsaturated/α-hetero) is 1. The van der Waals surface area contributed by atoms with E-state index in [0.29, 0.717) is 0 Å². The molecule has 0 aliphatic rings. The van der Waals surface area contributed by atoms with Crippen molar-refractivity contribution in [1.82, 2.24) is 0 Å². The average molecular weight is 245 g/mol. The molecule has 0 heterocycles. The zero-order valence-electron chi connectivity index (χ0n) is 9.51. The number of hydrogen-bond donors (Lipinski definition) is 0. The van der Waals surface area contributed by atoms with Crippen molar-refractivity contribution in [1.29, 1.82) is 0 Å². The van der Waals surface area contributed by atoms with Gasteiger partial charge in [0.1, 0.15) is 0 Å². The van der Waals surface area contributed by atoms with Crippen LogP contribution in [0.5, 0.6) is 5.75 Å². The van der Waals surface area contributed by atoms with Gasteiger partial charge >= 0.3 is 0 Å². The topological polar surface area (TPSA) is 26.3 Å². The Labute approximate surface area is 99.4 Å². The van der Waals surface area contributed by atoms with E-state index in [-0.39, 0.29) is 34.6 Å². The molecule has 0 spiro atoms.